The first kappa shape index (κ1) is 14.8. The third kappa shape index (κ3) is 2.20. The molecule has 2 bridgehead atoms. The van der Waals surface area contributed by atoms with E-state index in [9.17, 15) is 13.9 Å². The Kier molecular flexibility index (Phi) is 3.29. The molecule has 2 aliphatic rings. The van der Waals surface area contributed by atoms with Gasteiger partial charge in [-0.15, -0.1) is 0 Å². The summed E-state index contributed by atoms with van der Waals surface area (Å²) in [6, 6.07) is 12.6. The lowest BCUT2D eigenvalue weighted by atomic mass is 9.83. The van der Waals surface area contributed by atoms with Crippen LogP contribution in [0, 0.1) is 11.6 Å². The van der Waals surface area contributed by atoms with Gasteiger partial charge >= 0.3 is 0 Å². The summed E-state index contributed by atoms with van der Waals surface area (Å²) in [5.74, 6) is -0.581. The zero-order chi connectivity index (χ0) is 16.1. The minimum absolute atomic E-state index is 0.274. The van der Waals surface area contributed by atoms with Gasteiger partial charge in [-0.05, 0) is 61.1 Å². The summed E-state index contributed by atoms with van der Waals surface area (Å²) in [7, 11) is 0. The second kappa shape index (κ2) is 5.11. The molecule has 1 N–H and O–H groups in total. The van der Waals surface area contributed by atoms with Gasteiger partial charge in [-0.2, -0.15) is 0 Å². The summed E-state index contributed by atoms with van der Waals surface area (Å²) in [6.45, 7) is 0. The number of fused-ring (bicyclic) bond motifs is 2. The fourth-order valence-electron chi connectivity index (χ4n) is 4.08. The molecule has 2 heterocycles. The minimum atomic E-state index is -0.805. The van der Waals surface area contributed by atoms with Crippen LogP contribution in [0.4, 0.5) is 8.78 Å². The van der Waals surface area contributed by atoms with Crippen molar-refractivity contribution in [2.45, 2.75) is 43.0 Å². The number of rotatable bonds is 2. The highest BCUT2D eigenvalue weighted by Gasteiger charge is 2.58. The molecule has 0 aliphatic carbocycles. The summed E-state index contributed by atoms with van der Waals surface area (Å²) >= 11 is 0. The molecule has 2 aliphatic heterocycles. The van der Waals surface area contributed by atoms with Crippen LogP contribution in [-0.2, 0) is 15.9 Å². The molecule has 0 radical (unpaired) electrons. The first-order chi connectivity index (χ1) is 11.0. The molecule has 0 aromatic heterocycles. The van der Waals surface area contributed by atoms with Crippen LogP contribution in [-0.4, -0.2) is 11.2 Å². The van der Waals surface area contributed by atoms with E-state index in [0.717, 1.165) is 17.5 Å². The molecule has 0 amide bonds. The Bertz CT molecular complexity index is 713. The van der Waals surface area contributed by atoms with Crippen LogP contribution in [0.5, 0.6) is 0 Å². The topological polar surface area (TPSA) is 29.5 Å². The monoisotopic (exact) mass is 316 g/mol. The van der Waals surface area contributed by atoms with Gasteiger partial charge in [0.25, 0.3) is 0 Å². The SMILES string of the molecule is O[C@H]1CC[C@]2(c3ccc(F)cc3)CC[C@@]1(c1ccc(F)cc1)O2. The van der Waals surface area contributed by atoms with Crippen molar-refractivity contribution in [1.29, 1.82) is 0 Å². The Balaban J connectivity index is 1.75. The van der Waals surface area contributed by atoms with Crippen LogP contribution in [0.15, 0.2) is 48.5 Å². The number of aliphatic hydroxyl groups is 1. The van der Waals surface area contributed by atoms with Crippen LogP contribution < -0.4 is 0 Å². The van der Waals surface area contributed by atoms with Gasteiger partial charge in [-0.3, -0.25) is 0 Å². The first-order valence-electron chi connectivity index (χ1n) is 7.94. The molecule has 4 heteroatoms. The molecule has 0 unspecified atom stereocenters. The summed E-state index contributed by atoms with van der Waals surface area (Å²) < 4.78 is 32.9. The van der Waals surface area contributed by atoms with Gasteiger partial charge in [0.15, 0.2) is 0 Å². The van der Waals surface area contributed by atoms with Crippen LogP contribution in [0.2, 0.25) is 0 Å². The Morgan fingerprint density at radius 3 is 2.00 bits per heavy atom. The standard InChI is InChI=1S/C19H18F2O2/c20-15-5-1-13(2-6-15)18-10-9-17(22)19(23-18,12-11-18)14-3-7-16(21)8-4-14/h1-8,17,22H,9-12H2/t17-,18+,19-/m0/s1. The smallest absolute Gasteiger partial charge is 0.123 e. The molecule has 2 nitrogen and oxygen atoms in total. The van der Waals surface area contributed by atoms with Gasteiger partial charge in [0.05, 0.1) is 11.7 Å². The minimum Gasteiger partial charge on any atom is -0.390 e. The summed E-state index contributed by atoms with van der Waals surface area (Å²) in [5, 5.41) is 10.6. The highest BCUT2D eigenvalue weighted by Crippen LogP contribution is 2.57. The predicted octanol–water partition coefficient (Wildman–Crippen LogP) is 4.02. The quantitative estimate of drug-likeness (QED) is 0.907. The van der Waals surface area contributed by atoms with Crippen LogP contribution >= 0.6 is 0 Å². The highest BCUT2D eigenvalue weighted by molar-refractivity contribution is 5.32. The van der Waals surface area contributed by atoms with Crippen molar-refractivity contribution in [2.75, 3.05) is 0 Å². The van der Waals surface area contributed by atoms with E-state index in [4.69, 9.17) is 4.74 Å². The number of halogens is 2. The van der Waals surface area contributed by atoms with E-state index in [-0.39, 0.29) is 11.6 Å². The van der Waals surface area contributed by atoms with E-state index in [2.05, 4.69) is 0 Å². The molecule has 0 spiro atoms. The fraction of sp³-hybridized carbons (Fsp3) is 0.368. The number of benzene rings is 2. The third-order valence-corrected chi connectivity index (χ3v) is 5.34. The molecule has 2 aromatic rings. The second-order valence-electron chi connectivity index (χ2n) is 6.55. The molecule has 2 saturated heterocycles. The Hall–Kier alpha value is -1.78. The van der Waals surface area contributed by atoms with Gasteiger partial charge in [0.2, 0.25) is 0 Å². The predicted molar refractivity (Wildman–Crippen MR) is 81.7 cm³/mol. The fourth-order valence-corrected chi connectivity index (χ4v) is 4.08. The zero-order valence-corrected chi connectivity index (χ0v) is 12.6. The first-order valence-corrected chi connectivity index (χ1v) is 7.94. The Morgan fingerprint density at radius 2 is 1.39 bits per heavy atom. The van der Waals surface area contributed by atoms with Gasteiger partial charge in [-0.25, -0.2) is 8.78 Å². The maximum Gasteiger partial charge on any atom is 0.123 e. The molecular weight excluding hydrogens is 298 g/mol. The van der Waals surface area contributed by atoms with Crippen LogP contribution in [0.25, 0.3) is 0 Å². The van der Waals surface area contributed by atoms with Gasteiger partial charge in [-0.1, -0.05) is 24.3 Å². The Labute approximate surface area is 133 Å². The lowest BCUT2D eigenvalue weighted by molar-refractivity contribution is -0.203. The maximum atomic E-state index is 13.2. The maximum absolute atomic E-state index is 13.2. The molecule has 2 fully saturated rings. The lowest BCUT2D eigenvalue weighted by Crippen LogP contribution is -2.46. The van der Waals surface area contributed by atoms with E-state index in [1.807, 2.05) is 0 Å². The van der Waals surface area contributed by atoms with Crippen molar-refractivity contribution in [3.05, 3.63) is 71.3 Å². The van der Waals surface area contributed by atoms with Gasteiger partial charge in [0, 0.05) is 0 Å². The zero-order valence-electron chi connectivity index (χ0n) is 12.6. The van der Waals surface area contributed by atoms with Crippen molar-refractivity contribution in [3.63, 3.8) is 0 Å². The molecule has 4 rings (SSSR count). The van der Waals surface area contributed by atoms with Gasteiger partial charge in [0.1, 0.15) is 17.2 Å². The van der Waals surface area contributed by atoms with Gasteiger partial charge < -0.3 is 9.84 Å². The summed E-state index contributed by atoms with van der Waals surface area (Å²) in [4.78, 5) is 0. The van der Waals surface area contributed by atoms with Crippen molar-refractivity contribution >= 4 is 0 Å². The largest absolute Gasteiger partial charge is 0.390 e. The molecule has 0 saturated carbocycles. The normalized spacial score (nSPS) is 32.9. The van der Waals surface area contributed by atoms with E-state index in [1.54, 1.807) is 24.3 Å². The molecule has 23 heavy (non-hydrogen) atoms. The summed E-state index contributed by atoms with van der Waals surface area (Å²) in [6.07, 6.45) is 2.10. The number of aliphatic hydroxyl groups excluding tert-OH is 1. The third-order valence-electron chi connectivity index (χ3n) is 5.34. The van der Waals surface area contributed by atoms with Crippen LogP contribution in [0.1, 0.15) is 36.8 Å². The number of hydrogen-bond donors (Lipinski definition) is 1. The molecule has 3 atom stereocenters. The number of ether oxygens (including phenoxy) is 1. The van der Waals surface area contributed by atoms with E-state index in [1.165, 1.54) is 24.3 Å². The van der Waals surface area contributed by atoms with Crippen molar-refractivity contribution in [2.24, 2.45) is 0 Å². The highest BCUT2D eigenvalue weighted by atomic mass is 19.1. The Morgan fingerprint density at radius 1 is 0.826 bits per heavy atom. The summed E-state index contributed by atoms with van der Waals surface area (Å²) in [5.41, 5.74) is 0.437. The number of hydrogen-bond acceptors (Lipinski definition) is 2. The van der Waals surface area contributed by atoms with E-state index >= 15 is 0 Å². The van der Waals surface area contributed by atoms with E-state index in [0.29, 0.717) is 19.3 Å². The lowest BCUT2D eigenvalue weighted by Gasteiger charge is -2.44. The molecular formula is C19H18F2O2. The average Bonchev–Trinajstić information content (AvgIpc) is 2.90. The molecule has 2 aromatic carbocycles. The van der Waals surface area contributed by atoms with Crippen molar-refractivity contribution in [1.82, 2.24) is 0 Å². The van der Waals surface area contributed by atoms with Crippen molar-refractivity contribution in [3.8, 4) is 0 Å². The van der Waals surface area contributed by atoms with E-state index < -0.39 is 17.3 Å². The van der Waals surface area contributed by atoms with Crippen LogP contribution in [0.3, 0.4) is 0 Å². The van der Waals surface area contributed by atoms with Crippen molar-refractivity contribution < 1.29 is 18.6 Å². The molecule has 120 valence electrons. The average molecular weight is 316 g/mol. The second-order valence-corrected chi connectivity index (χ2v) is 6.55.